The summed E-state index contributed by atoms with van der Waals surface area (Å²) in [6, 6.07) is 2.07. The van der Waals surface area contributed by atoms with Gasteiger partial charge in [0.25, 0.3) is 0 Å². The average Bonchev–Trinajstić information content (AvgIpc) is 2.39. The van der Waals surface area contributed by atoms with Gasteiger partial charge in [-0.1, -0.05) is 19.1 Å². The molecule has 5 nitrogen and oxygen atoms in total. The Morgan fingerprint density at radius 2 is 2.06 bits per heavy atom. The van der Waals surface area contributed by atoms with Crippen molar-refractivity contribution in [2.24, 2.45) is 5.73 Å². The van der Waals surface area contributed by atoms with Crippen LogP contribution in [0.4, 0.5) is 5.82 Å². The molecule has 0 aromatic carbocycles. The van der Waals surface area contributed by atoms with Crippen LogP contribution in [0.5, 0.6) is 0 Å². The van der Waals surface area contributed by atoms with Gasteiger partial charge in [-0.2, -0.15) is 0 Å². The van der Waals surface area contributed by atoms with Gasteiger partial charge in [0.15, 0.2) is 0 Å². The first-order chi connectivity index (χ1) is 8.69. The Morgan fingerprint density at radius 3 is 2.67 bits per heavy atom. The minimum Gasteiger partial charge on any atom is -0.392 e. The standard InChI is InChI=1S/C12H19N5S/c1-2-10-7-12(15-9-14-10)17-5-3-16(4-6-17)8-11(13)18/h7,9H,2-6,8H2,1H3,(H2,13,18). The van der Waals surface area contributed by atoms with Crippen LogP contribution in [0.15, 0.2) is 12.4 Å². The molecular formula is C12H19N5S. The summed E-state index contributed by atoms with van der Waals surface area (Å²) in [6.45, 7) is 6.69. The molecule has 2 rings (SSSR count). The van der Waals surface area contributed by atoms with E-state index >= 15 is 0 Å². The number of nitrogens with two attached hydrogens (primary N) is 1. The molecule has 1 saturated heterocycles. The van der Waals surface area contributed by atoms with Gasteiger partial charge in [0, 0.05) is 44.5 Å². The van der Waals surface area contributed by atoms with Gasteiger partial charge in [-0.05, 0) is 6.42 Å². The average molecular weight is 265 g/mol. The minimum absolute atomic E-state index is 0.568. The Morgan fingerprint density at radius 1 is 1.33 bits per heavy atom. The van der Waals surface area contributed by atoms with Crippen LogP contribution in [0.1, 0.15) is 12.6 Å². The van der Waals surface area contributed by atoms with Crippen molar-refractivity contribution < 1.29 is 0 Å². The molecular weight excluding hydrogens is 246 g/mol. The highest BCUT2D eigenvalue weighted by molar-refractivity contribution is 7.80. The molecule has 1 aliphatic heterocycles. The van der Waals surface area contributed by atoms with Crippen molar-refractivity contribution in [2.45, 2.75) is 13.3 Å². The zero-order valence-corrected chi connectivity index (χ0v) is 11.5. The second kappa shape index (κ2) is 6.06. The summed E-state index contributed by atoms with van der Waals surface area (Å²) in [4.78, 5) is 13.7. The van der Waals surface area contributed by atoms with Gasteiger partial charge in [0.2, 0.25) is 0 Å². The second-order valence-corrected chi connectivity index (χ2v) is 4.97. The van der Waals surface area contributed by atoms with Crippen molar-refractivity contribution in [3.63, 3.8) is 0 Å². The van der Waals surface area contributed by atoms with Crippen molar-refractivity contribution in [3.05, 3.63) is 18.1 Å². The number of hydrogen-bond donors (Lipinski definition) is 1. The number of anilines is 1. The van der Waals surface area contributed by atoms with Gasteiger partial charge in [0.1, 0.15) is 12.1 Å². The molecule has 1 aromatic heterocycles. The third-order valence-electron chi connectivity index (χ3n) is 3.15. The minimum atomic E-state index is 0.568. The van der Waals surface area contributed by atoms with Crippen LogP contribution in [0.3, 0.4) is 0 Å². The predicted octanol–water partition coefficient (Wildman–Crippen LogP) is 0.447. The molecule has 2 N–H and O–H groups in total. The molecule has 6 heteroatoms. The van der Waals surface area contributed by atoms with Gasteiger partial charge >= 0.3 is 0 Å². The van der Waals surface area contributed by atoms with E-state index in [1.54, 1.807) is 6.33 Å². The fourth-order valence-electron chi connectivity index (χ4n) is 2.11. The Bertz CT molecular complexity index is 415. The van der Waals surface area contributed by atoms with Gasteiger partial charge < -0.3 is 10.6 Å². The molecule has 2 heterocycles. The first-order valence-corrected chi connectivity index (χ1v) is 6.66. The summed E-state index contributed by atoms with van der Waals surface area (Å²) in [5, 5.41) is 0. The lowest BCUT2D eigenvalue weighted by Crippen LogP contribution is -2.48. The van der Waals surface area contributed by atoms with E-state index < -0.39 is 0 Å². The fraction of sp³-hybridized carbons (Fsp3) is 0.583. The molecule has 1 fully saturated rings. The van der Waals surface area contributed by atoms with E-state index in [0.717, 1.165) is 44.1 Å². The number of aryl methyl sites for hydroxylation is 1. The molecule has 18 heavy (non-hydrogen) atoms. The zero-order valence-electron chi connectivity index (χ0n) is 10.7. The van der Waals surface area contributed by atoms with Crippen molar-refractivity contribution in [2.75, 3.05) is 37.6 Å². The number of aromatic nitrogens is 2. The molecule has 0 atom stereocenters. The van der Waals surface area contributed by atoms with E-state index in [-0.39, 0.29) is 0 Å². The van der Waals surface area contributed by atoms with E-state index in [4.69, 9.17) is 18.0 Å². The lowest BCUT2D eigenvalue weighted by molar-refractivity contribution is 0.291. The summed E-state index contributed by atoms with van der Waals surface area (Å²) < 4.78 is 0. The highest BCUT2D eigenvalue weighted by Gasteiger charge is 2.18. The van der Waals surface area contributed by atoms with Crippen LogP contribution >= 0.6 is 12.2 Å². The Balaban J connectivity index is 1.94. The largest absolute Gasteiger partial charge is 0.392 e. The van der Waals surface area contributed by atoms with Crippen LogP contribution in [0, 0.1) is 0 Å². The molecule has 0 unspecified atom stereocenters. The molecule has 0 radical (unpaired) electrons. The SMILES string of the molecule is CCc1cc(N2CCN(CC(N)=S)CC2)ncn1. The molecule has 0 saturated carbocycles. The van der Waals surface area contributed by atoms with Gasteiger partial charge in [-0.15, -0.1) is 0 Å². The maximum Gasteiger partial charge on any atom is 0.132 e. The summed E-state index contributed by atoms with van der Waals surface area (Å²) in [7, 11) is 0. The first-order valence-electron chi connectivity index (χ1n) is 6.25. The van der Waals surface area contributed by atoms with Crippen molar-refractivity contribution in [1.82, 2.24) is 14.9 Å². The Labute approximate surface area is 113 Å². The number of hydrogen-bond acceptors (Lipinski definition) is 5. The maximum atomic E-state index is 5.56. The van der Waals surface area contributed by atoms with Gasteiger partial charge in [-0.25, -0.2) is 9.97 Å². The highest BCUT2D eigenvalue weighted by atomic mass is 32.1. The van der Waals surface area contributed by atoms with E-state index in [2.05, 4.69) is 32.8 Å². The van der Waals surface area contributed by atoms with Crippen LogP contribution in [-0.2, 0) is 6.42 Å². The highest BCUT2D eigenvalue weighted by Crippen LogP contribution is 2.13. The summed E-state index contributed by atoms with van der Waals surface area (Å²) >= 11 is 4.93. The molecule has 98 valence electrons. The summed E-state index contributed by atoms with van der Waals surface area (Å²) in [5.41, 5.74) is 6.65. The predicted molar refractivity (Wildman–Crippen MR) is 76.8 cm³/mol. The zero-order chi connectivity index (χ0) is 13.0. The van der Waals surface area contributed by atoms with Gasteiger partial charge in [0.05, 0.1) is 4.99 Å². The summed E-state index contributed by atoms with van der Waals surface area (Å²) in [6.07, 6.45) is 2.59. The van der Waals surface area contributed by atoms with Crippen LogP contribution in [0.25, 0.3) is 0 Å². The smallest absolute Gasteiger partial charge is 0.132 e. The van der Waals surface area contributed by atoms with Crippen LogP contribution < -0.4 is 10.6 Å². The van der Waals surface area contributed by atoms with Crippen molar-refractivity contribution in [1.29, 1.82) is 0 Å². The second-order valence-electron chi connectivity index (χ2n) is 4.45. The number of piperazine rings is 1. The van der Waals surface area contributed by atoms with Crippen LogP contribution in [0.2, 0.25) is 0 Å². The maximum absolute atomic E-state index is 5.56. The van der Waals surface area contributed by atoms with Gasteiger partial charge in [-0.3, -0.25) is 4.90 Å². The lowest BCUT2D eigenvalue weighted by atomic mass is 10.2. The third kappa shape index (κ3) is 3.36. The Kier molecular flexibility index (Phi) is 4.43. The van der Waals surface area contributed by atoms with Crippen molar-refractivity contribution in [3.8, 4) is 0 Å². The molecule has 0 bridgehead atoms. The molecule has 0 amide bonds. The van der Waals surface area contributed by atoms with E-state index in [1.807, 2.05) is 0 Å². The molecule has 1 aliphatic rings. The topological polar surface area (TPSA) is 58.3 Å². The molecule has 0 aliphatic carbocycles. The lowest BCUT2D eigenvalue weighted by Gasteiger charge is -2.35. The fourth-order valence-corrected chi connectivity index (χ4v) is 2.29. The van der Waals surface area contributed by atoms with E-state index in [9.17, 15) is 0 Å². The number of rotatable bonds is 4. The van der Waals surface area contributed by atoms with E-state index in [1.165, 1.54) is 0 Å². The molecule has 1 aromatic rings. The first kappa shape index (κ1) is 13.2. The van der Waals surface area contributed by atoms with Crippen LogP contribution in [-0.4, -0.2) is 52.6 Å². The normalized spacial score (nSPS) is 16.8. The Hall–Kier alpha value is -1.27. The number of nitrogens with zero attached hydrogens (tertiary/aromatic N) is 4. The number of thiocarbonyl (C=S) groups is 1. The molecule has 0 spiro atoms. The summed E-state index contributed by atoms with van der Waals surface area (Å²) in [5.74, 6) is 1.02. The quantitative estimate of drug-likeness (QED) is 0.798. The van der Waals surface area contributed by atoms with E-state index in [0.29, 0.717) is 11.5 Å². The van der Waals surface area contributed by atoms with Crippen molar-refractivity contribution >= 4 is 23.0 Å². The third-order valence-corrected chi connectivity index (χ3v) is 3.28. The monoisotopic (exact) mass is 265 g/mol.